The summed E-state index contributed by atoms with van der Waals surface area (Å²) in [5, 5.41) is 9.39. The van der Waals surface area contributed by atoms with Gasteiger partial charge in [-0.2, -0.15) is 0 Å². The SMILES string of the molecule is Cc1cc(N(C[C@@H](C)F)S(=O)(=O)c2cccnc2)c(OCc2ccc(C(=O)O)cc2)cc1Cl. The van der Waals surface area contributed by atoms with Crippen molar-refractivity contribution in [2.75, 3.05) is 10.8 Å². The van der Waals surface area contributed by atoms with Gasteiger partial charge < -0.3 is 9.84 Å². The van der Waals surface area contributed by atoms with Crippen LogP contribution in [0.15, 0.2) is 65.8 Å². The Labute approximate surface area is 196 Å². The highest BCUT2D eigenvalue weighted by atomic mass is 35.5. The summed E-state index contributed by atoms with van der Waals surface area (Å²) in [7, 11) is -4.16. The van der Waals surface area contributed by atoms with Gasteiger partial charge in [0.15, 0.2) is 0 Å². The van der Waals surface area contributed by atoms with Gasteiger partial charge in [0, 0.05) is 23.5 Å². The van der Waals surface area contributed by atoms with Crippen molar-refractivity contribution >= 4 is 33.3 Å². The van der Waals surface area contributed by atoms with Gasteiger partial charge in [-0.3, -0.25) is 9.29 Å². The molecule has 0 radical (unpaired) electrons. The Morgan fingerprint density at radius 2 is 1.94 bits per heavy atom. The monoisotopic (exact) mass is 492 g/mol. The third-order valence-electron chi connectivity index (χ3n) is 4.74. The van der Waals surface area contributed by atoms with E-state index < -0.39 is 28.7 Å². The Morgan fingerprint density at radius 1 is 1.24 bits per heavy atom. The summed E-state index contributed by atoms with van der Waals surface area (Å²) in [5.74, 6) is -0.910. The number of hydrogen-bond acceptors (Lipinski definition) is 5. The van der Waals surface area contributed by atoms with E-state index in [1.54, 1.807) is 19.1 Å². The molecule has 33 heavy (non-hydrogen) atoms. The van der Waals surface area contributed by atoms with Crippen LogP contribution < -0.4 is 9.04 Å². The number of ether oxygens (including phenoxy) is 1. The fraction of sp³-hybridized carbons (Fsp3) is 0.217. The highest BCUT2D eigenvalue weighted by molar-refractivity contribution is 7.92. The lowest BCUT2D eigenvalue weighted by atomic mass is 10.1. The summed E-state index contributed by atoms with van der Waals surface area (Å²) in [5.41, 5.74) is 1.50. The van der Waals surface area contributed by atoms with Crippen LogP contribution in [0, 0.1) is 6.92 Å². The van der Waals surface area contributed by atoms with Gasteiger partial charge in [-0.05, 0) is 55.3 Å². The Hall–Kier alpha value is -3.17. The molecule has 0 aliphatic carbocycles. The number of hydrogen-bond donors (Lipinski definition) is 1. The number of sulfonamides is 1. The average Bonchev–Trinajstić information content (AvgIpc) is 2.78. The number of rotatable bonds is 9. The minimum atomic E-state index is -4.16. The second-order valence-corrected chi connectivity index (χ2v) is 9.64. The largest absolute Gasteiger partial charge is 0.487 e. The van der Waals surface area contributed by atoms with E-state index in [1.807, 2.05) is 0 Å². The summed E-state index contributed by atoms with van der Waals surface area (Å²) < 4.78 is 47.7. The second kappa shape index (κ2) is 10.2. The summed E-state index contributed by atoms with van der Waals surface area (Å²) in [6, 6.07) is 11.9. The van der Waals surface area contributed by atoms with E-state index in [0.29, 0.717) is 16.1 Å². The van der Waals surface area contributed by atoms with Crippen LogP contribution in [0.4, 0.5) is 10.1 Å². The van der Waals surface area contributed by atoms with Crippen LogP contribution in [0.1, 0.15) is 28.4 Å². The zero-order valence-electron chi connectivity index (χ0n) is 17.9. The average molecular weight is 493 g/mol. The van der Waals surface area contributed by atoms with Crippen molar-refractivity contribution in [3.8, 4) is 5.75 Å². The number of pyridine rings is 1. The molecular weight excluding hydrogens is 471 g/mol. The molecule has 1 heterocycles. The van der Waals surface area contributed by atoms with Crippen LogP contribution in [0.5, 0.6) is 5.75 Å². The van der Waals surface area contributed by atoms with Crippen molar-refractivity contribution in [2.24, 2.45) is 0 Å². The van der Waals surface area contributed by atoms with Gasteiger partial charge >= 0.3 is 5.97 Å². The van der Waals surface area contributed by atoms with Crippen LogP contribution >= 0.6 is 11.6 Å². The van der Waals surface area contributed by atoms with Crippen LogP contribution in [-0.4, -0.2) is 37.2 Å². The number of benzene rings is 2. The van der Waals surface area contributed by atoms with Gasteiger partial charge in [0.25, 0.3) is 10.0 Å². The number of halogens is 2. The first-order chi connectivity index (χ1) is 15.6. The third-order valence-corrected chi connectivity index (χ3v) is 6.91. The van der Waals surface area contributed by atoms with Gasteiger partial charge in [0.05, 0.1) is 17.8 Å². The molecule has 0 saturated heterocycles. The van der Waals surface area contributed by atoms with E-state index in [4.69, 9.17) is 21.4 Å². The Morgan fingerprint density at radius 3 is 2.52 bits per heavy atom. The molecule has 0 fully saturated rings. The van der Waals surface area contributed by atoms with Crippen LogP contribution in [-0.2, 0) is 16.6 Å². The maximum absolute atomic E-state index is 14.1. The molecule has 7 nitrogen and oxygen atoms in total. The molecular formula is C23H22ClFN2O5S. The maximum atomic E-state index is 14.1. The molecule has 0 spiro atoms. The van der Waals surface area contributed by atoms with E-state index in [0.717, 1.165) is 4.31 Å². The van der Waals surface area contributed by atoms with Gasteiger partial charge in [-0.1, -0.05) is 23.7 Å². The molecule has 1 N–H and O–H groups in total. The Kier molecular flexibility index (Phi) is 7.55. The van der Waals surface area contributed by atoms with Gasteiger partial charge in [0.2, 0.25) is 0 Å². The maximum Gasteiger partial charge on any atom is 0.335 e. The van der Waals surface area contributed by atoms with Crippen LogP contribution in [0.3, 0.4) is 0 Å². The minimum absolute atomic E-state index is 0.0122. The highest BCUT2D eigenvalue weighted by Gasteiger charge is 2.30. The molecule has 1 aromatic heterocycles. The molecule has 10 heteroatoms. The van der Waals surface area contributed by atoms with E-state index in [1.165, 1.54) is 55.7 Å². The van der Waals surface area contributed by atoms with Crippen molar-refractivity contribution in [1.82, 2.24) is 4.98 Å². The number of carboxylic acid groups (broad SMARTS) is 1. The fourth-order valence-electron chi connectivity index (χ4n) is 3.04. The first-order valence-corrected chi connectivity index (χ1v) is 11.7. The highest BCUT2D eigenvalue weighted by Crippen LogP contribution is 2.37. The standard InChI is InChI=1S/C23H22ClFN2O5S/c1-15-10-21(27(13-16(2)25)33(30,31)19-4-3-9-26-12-19)22(11-20(15)24)32-14-17-5-7-18(8-6-17)23(28)29/h3-12,16H,13-14H2,1-2H3,(H,28,29)/t16-/m1/s1. The molecule has 0 saturated carbocycles. The van der Waals surface area contributed by atoms with Crippen molar-refractivity contribution in [3.05, 3.63) is 82.6 Å². The third kappa shape index (κ3) is 5.80. The van der Waals surface area contributed by atoms with Crippen LogP contribution in [0.25, 0.3) is 0 Å². The topological polar surface area (TPSA) is 96.8 Å². The number of carbonyl (C=O) groups is 1. The predicted molar refractivity (Wildman–Crippen MR) is 123 cm³/mol. The first-order valence-electron chi connectivity index (χ1n) is 9.91. The summed E-state index contributed by atoms with van der Waals surface area (Å²) in [4.78, 5) is 14.8. The Bertz CT molecular complexity index is 1240. The van der Waals surface area contributed by atoms with E-state index in [-0.39, 0.29) is 28.5 Å². The number of carboxylic acids is 1. The number of aromatic carboxylic acids is 1. The van der Waals surface area contributed by atoms with Gasteiger partial charge in [-0.15, -0.1) is 0 Å². The molecule has 2 aromatic carbocycles. The Balaban J connectivity index is 2.02. The molecule has 0 amide bonds. The minimum Gasteiger partial charge on any atom is -0.487 e. The summed E-state index contributed by atoms with van der Waals surface area (Å²) in [6.45, 7) is 2.53. The number of aryl methyl sites for hydroxylation is 1. The molecule has 0 unspecified atom stereocenters. The van der Waals surface area contributed by atoms with E-state index in [9.17, 15) is 17.6 Å². The van der Waals surface area contributed by atoms with Crippen molar-refractivity contribution in [3.63, 3.8) is 0 Å². The molecule has 0 bridgehead atoms. The van der Waals surface area contributed by atoms with Crippen molar-refractivity contribution in [2.45, 2.75) is 31.5 Å². The molecule has 1 atom stereocenters. The molecule has 3 rings (SSSR count). The van der Waals surface area contributed by atoms with Gasteiger partial charge in [0.1, 0.15) is 23.4 Å². The van der Waals surface area contributed by atoms with Gasteiger partial charge in [-0.25, -0.2) is 17.6 Å². The van der Waals surface area contributed by atoms with Crippen LogP contribution in [0.2, 0.25) is 5.02 Å². The smallest absolute Gasteiger partial charge is 0.335 e. The zero-order chi connectivity index (χ0) is 24.2. The summed E-state index contributed by atoms with van der Waals surface area (Å²) in [6.07, 6.45) is 1.17. The number of aromatic nitrogens is 1. The molecule has 0 aliphatic rings. The normalized spacial score (nSPS) is 12.2. The first kappa shape index (κ1) is 24.5. The molecule has 3 aromatic rings. The fourth-order valence-corrected chi connectivity index (χ4v) is 4.70. The lowest BCUT2D eigenvalue weighted by Gasteiger charge is -2.27. The number of anilines is 1. The summed E-state index contributed by atoms with van der Waals surface area (Å²) >= 11 is 6.27. The molecule has 0 aliphatic heterocycles. The lowest BCUT2D eigenvalue weighted by Crippen LogP contribution is -2.36. The van der Waals surface area contributed by atoms with E-state index in [2.05, 4.69) is 4.98 Å². The second-order valence-electron chi connectivity index (χ2n) is 7.37. The number of alkyl halides is 1. The number of nitrogens with zero attached hydrogens (tertiary/aromatic N) is 2. The molecule has 174 valence electrons. The zero-order valence-corrected chi connectivity index (χ0v) is 19.5. The van der Waals surface area contributed by atoms with Crippen molar-refractivity contribution in [1.29, 1.82) is 0 Å². The van der Waals surface area contributed by atoms with E-state index >= 15 is 0 Å². The lowest BCUT2D eigenvalue weighted by molar-refractivity contribution is 0.0697. The quantitative estimate of drug-likeness (QED) is 0.457. The predicted octanol–water partition coefficient (Wildman–Crippen LogP) is 4.87. The van der Waals surface area contributed by atoms with Crippen molar-refractivity contribution < 1.29 is 27.4 Å².